The number of aromatic amines is 1. The predicted molar refractivity (Wildman–Crippen MR) is 70.4 cm³/mol. The maximum atomic E-state index is 12.0. The third kappa shape index (κ3) is 3.79. The largest absolute Gasteiger partial charge is 0.477 e. The topological polar surface area (TPSA) is 159 Å². The van der Waals surface area contributed by atoms with E-state index in [0.717, 1.165) is 0 Å². The van der Waals surface area contributed by atoms with E-state index in [-0.39, 0.29) is 21.8 Å². The number of hydrogen-bond acceptors (Lipinski definition) is 5. The second kappa shape index (κ2) is 5.52. The van der Waals surface area contributed by atoms with E-state index in [0.29, 0.717) is 0 Å². The lowest BCUT2D eigenvalue weighted by atomic mass is 10.2. The monoisotopic (exact) mass is 325 g/mol. The fraction of sp³-hybridized carbons (Fsp3) is 0.444. The zero-order valence-corrected chi connectivity index (χ0v) is 12.4. The molecule has 0 bridgehead atoms. The van der Waals surface area contributed by atoms with Crippen molar-refractivity contribution in [3.8, 4) is 0 Å². The summed E-state index contributed by atoms with van der Waals surface area (Å²) in [5.74, 6) is -1.84. The van der Waals surface area contributed by atoms with Crippen molar-refractivity contribution in [1.29, 1.82) is 0 Å². The number of aromatic nitrogens is 1. The molecule has 0 atom stereocenters. The third-order valence-corrected chi connectivity index (χ3v) is 5.04. The van der Waals surface area contributed by atoms with Gasteiger partial charge in [-0.1, -0.05) is 0 Å². The number of H-pyrrole nitrogens is 1. The van der Waals surface area contributed by atoms with Gasteiger partial charge in [0, 0.05) is 17.8 Å². The lowest BCUT2D eigenvalue weighted by molar-refractivity contribution is 0.0690. The van der Waals surface area contributed by atoms with Crippen LogP contribution in [0.15, 0.2) is 4.90 Å². The number of nitrogens with one attached hydrogen (secondary N) is 2. The van der Waals surface area contributed by atoms with Gasteiger partial charge in [0.2, 0.25) is 20.0 Å². The van der Waals surface area contributed by atoms with E-state index in [1.807, 2.05) is 0 Å². The second-order valence-electron chi connectivity index (χ2n) is 4.15. The average molecular weight is 325 g/mol. The van der Waals surface area contributed by atoms with Gasteiger partial charge >= 0.3 is 5.97 Å². The Morgan fingerprint density at radius 2 is 1.85 bits per heavy atom. The molecule has 114 valence electrons. The van der Waals surface area contributed by atoms with Crippen LogP contribution in [0, 0.1) is 13.8 Å². The van der Waals surface area contributed by atoms with Crippen LogP contribution < -0.4 is 9.86 Å². The number of carboxylic acid groups (broad SMARTS) is 1. The second-order valence-corrected chi connectivity index (χ2v) is 7.59. The summed E-state index contributed by atoms with van der Waals surface area (Å²) in [5, 5.41) is 13.7. The Balaban J connectivity index is 3.08. The molecule has 0 radical (unpaired) electrons. The molecule has 0 aliphatic heterocycles. The zero-order valence-electron chi connectivity index (χ0n) is 10.8. The van der Waals surface area contributed by atoms with Crippen LogP contribution in [0.5, 0.6) is 0 Å². The van der Waals surface area contributed by atoms with Crippen LogP contribution in [0.3, 0.4) is 0 Å². The molecule has 20 heavy (non-hydrogen) atoms. The first kappa shape index (κ1) is 16.6. The normalized spacial score (nSPS) is 12.6. The van der Waals surface area contributed by atoms with Gasteiger partial charge < -0.3 is 10.1 Å². The van der Waals surface area contributed by atoms with Gasteiger partial charge in [-0.05, 0) is 13.8 Å². The highest BCUT2D eigenvalue weighted by atomic mass is 32.2. The molecule has 0 saturated heterocycles. The fourth-order valence-electron chi connectivity index (χ4n) is 1.74. The van der Waals surface area contributed by atoms with Crippen molar-refractivity contribution in [1.82, 2.24) is 9.71 Å². The number of primary sulfonamides is 1. The van der Waals surface area contributed by atoms with E-state index in [9.17, 15) is 21.6 Å². The van der Waals surface area contributed by atoms with Crippen molar-refractivity contribution in [2.24, 2.45) is 5.14 Å². The molecule has 0 aliphatic carbocycles. The predicted octanol–water partition coefficient (Wildman–Crippen LogP) is -1.10. The summed E-state index contributed by atoms with van der Waals surface area (Å²) in [7, 11) is -7.81. The number of nitrogens with two attached hydrogens (primary N) is 1. The molecule has 1 rings (SSSR count). The van der Waals surface area contributed by atoms with Crippen LogP contribution in [0.25, 0.3) is 0 Å². The minimum Gasteiger partial charge on any atom is -0.477 e. The highest BCUT2D eigenvalue weighted by Crippen LogP contribution is 2.22. The quantitative estimate of drug-likeness (QED) is 0.519. The fourth-order valence-corrected chi connectivity index (χ4v) is 3.73. The summed E-state index contributed by atoms with van der Waals surface area (Å²) in [5.41, 5.74) is -0.0181. The summed E-state index contributed by atoms with van der Waals surface area (Å²) in [6.45, 7) is 2.36. The van der Waals surface area contributed by atoms with Gasteiger partial charge in [-0.25, -0.2) is 31.5 Å². The molecule has 0 saturated carbocycles. The van der Waals surface area contributed by atoms with E-state index in [2.05, 4.69) is 9.71 Å². The minimum absolute atomic E-state index is 0.0538. The highest BCUT2D eigenvalue weighted by molar-refractivity contribution is 7.90. The van der Waals surface area contributed by atoms with Gasteiger partial charge in [0.1, 0.15) is 10.6 Å². The molecule has 0 spiro atoms. The zero-order chi connectivity index (χ0) is 15.7. The molecule has 0 aromatic carbocycles. The molecule has 11 heteroatoms. The summed E-state index contributed by atoms with van der Waals surface area (Å²) < 4.78 is 47.6. The Hall–Kier alpha value is -1.43. The third-order valence-electron chi connectivity index (χ3n) is 2.53. The summed E-state index contributed by atoms with van der Waals surface area (Å²) >= 11 is 0. The number of rotatable bonds is 6. The number of aryl methyl sites for hydroxylation is 1. The van der Waals surface area contributed by atoms with Crippen molar-refractivity contribution in [2.45, 2.75) is 18.7 Å². The van der Waals surface area contributed by atoms with Gasteiger partial charge in [0.15, 0.2) is 0 Å². The van der Waals surface area contributed by atoms with Crippen molar-refractivity contribution in [3.05, 3.63) is 17.0 Å². The minimum atomic E-state index is -4.02. The Kier molecular flexibility index (Phi) is 4.59. The Labute approximate surface area is 116 Å². The standard InChI is InChI=1S/C9H15N3O6S2/c1-5-7(9(13)14)12-6(2)8(5)20(17,18)11-3-4-19(10,15)16/h11-12H,3-4H2,1-2H3,(H,13,14)(H2,10,15,16). The summed E-state index contributed by atoms with van der Waals surface area (Å²) in [4.78, 5) is 13.2. The lowest BCUT2D eigenvalue weighted by Crippen LogP contribution is -2.32. The van der Waals surface area contributed by atoms with E-state index in [1.165, 1.54) is 13.8 Å². The smallest absolute Gasteiger partial charge is 0.352 e. The van der Waals surface area contributed by atoms with E-state index >= 15 is 0 Å². The first-order valence-corrected chi connectivity index (χ1v) is 8.58. The number of sulfonamides is 2. The molecule has 1 aromatic rings. The van der Waals surface area contributed by atoms with E-state index in [4.69, 9.17) is 10.2 Å². The van der Waals surface area contributed by atoms with Crippen LogP contribution in [0.1, 0.15) is 21.7 Å². The van der Waals surface area contributed by atoms with Gasteiger partial charge in [-0.15, -0.1) is 0 Å². The number of aromatic carboxylic acids is 1. The number of hydrogen-bond donors (Lipinski definition) is 4. The van der Waals surface area contributed by atoms with Crippen molar-refractivity contribution < 1.29 is 26.7 Å². The van der Waals surface area contributed by atoms with Crippen LogP contribution in [0.4, 0.5) is 0 Å². The Morgan fingerprint density at radius 3 is 2.25 bits per heavy atom. The Bertz CT molecular complexity index is 732. The summed E-state index contributed by atoms with van der Waals surface area (Å²) in [6, 6.07) is 0. The first-order valence-electron chi connectivity index (χ1n) is 5.38. The molecule has 0 fully saturated rings. The SMILES string of the molecule is Cc1[nH]c(C(=O)O)c(C)c1S(=O)(=O)NCCS(N)(=O)=O. The maximum Gasteiger partial charge on any atom is 0.352 e. The first-order chi connectivity index (χ1) is 8.96. The number of carbonyl (C=O) groups is 1. The van der Waals surface area contributed by atoms with Crippen molar-refractivity contribution in [3.63, 3.8) is 0 Å². The van der Waals surface area contributed by atoms with Gasteiger partial charge in [-0.2, -0.15) is 0 Å². The molecular weight excluding hydrogens is 310 g/mol. The Morgan fingerprint density at radius 1 is 1.30 bits per heavy atom. The molecule has 9 nitrogen and oxygen atoms in total. The van der Waals surface area contributed by atoms with E-state index < -0.39 is 38.3 Å². The summed E-state index contributed by atoms with van der Waals surface area (Å²) in [6.07, 6.45) is 0. The molecule has 0 aliphatic rings. The molecule has 1 aromatic heterocycles. The maximum absolute atomic E-state index is 12.0. The van der Waals surface area contributed by atoms with Crippen LogP contribution >= 0.6 is 0 Å². The van der Waals surface area contributed by atoms with Crippen LogP contribution in [-0.4, -0.2) is 45.2 Å². The van der Waals surface area contributed by atoms with Gasteiger partial charge in [0.25, 0.3) is 0 Å². The average Bonchev–Trinajstić information content (AvgIpc) is 2.52. The molecular formula is C9H15N3O6S2. The van der Waals surface area contributed by atoms with Gasteiger partial charge in [-0.3, -0.25) is 0 Å². The molecule has 1 heterocycles. The molecule has 0 unspecified atom stereocenters. The molecule has 0 amide bonds. The van der Waals surface area contributed by atoms with Crippen LogP contribution in [-0.2, 0) is 20.0 Å². The lowest BCUT2D eigenvalue weighted by Gasteiger charge is -2.06. The van der Waals surface area contributed by atoms with Crippen LogP contribution in [0.2, 0.25) is 0 Å². The highest BCUT2D eigenvalue weighted by Gasteiger charge is 2.26. The van der Waals surface area contributed by atoms with Crippen molar-refractivity contribution >= 4 is 26.0 Å². The number of carboxylic acids is 1. The molecule has 5 N–H and O–H groups in total. The van der Waals surface area contributed by atoms with Crippen molar-refractivity contribution in [2.75, 3.05) is 12.3 Å². The van der Waals surface area contributed by atoms with E-state index in [1.54, 1.807) is 0 Å². The van der Waals surface area contributed by atoms with Gasteiger partial charge in [0.05, 0.1) is 5.75 Å².